The summed E-state index contributed by atoms with van der Waals surface area (Å²) in [5.74, 6) is -1.72. The molecule has 1 unspecified atom stereocenters. The predicted molar refractivity (Wildman–Crippen MR) is 142 cm³/mol. The summed E-state index contributed by atoms with van der Waals surface area (Å²) in [6.45, 7) is 2.83. The molecule has 2 aromatic heterocycles. The fraction of sp³-hybridized carbons (Fsp3) is 0.524. The van der Waals surface area contributed by atoms with Gasteiger partial charge in [-0.15, -0.1) is 28.2 Å². The number of nitrogens with one attached hydrogen (secondary N) is 1. The van der Waals surface area contributed by atoms with E-state index in [1.807, 2.05) is 0 Å². The van der Waals surface area contributed by atoms with Gasteiger partial charge in [-0.3, -0.25) is 14.5 Å². The molecule has 0 aliphatic carbocycles. The lowest BCUT2D eigenvalue weighted by Crippen LogP contribution is -2.71. The van der Waals surface area contributed by atoms with E-state index < -0.39 is 29.2 Å². The molecular weight excluding hydrogens is 554 g/mol. The highest BCUT2D eigenvalue weighted by atomic mass is 32.2. The van der Waals surface area contributed by atoms with Crippen LogP contribution in [0.25, 0.3) is 0 Å². The van der Waals surface area contributed by atoms with Gasteiger partial charge in [-0.25, -0.2) is 14.5 Å². The second kappa shape index (κ2) is 12.6. The number of nitrogens with two attached hydrogens (primary N) is 1. The number of amides is 2. The van der Waals surface area contributed by atoms with Crippen LogP contribution in [0.15, 0.2) is 27.0 Å². The maximum absolute atomic E-state index is 13.0. The summed E-state index contributed by atoms with van der Waals surface area (Å²) >= 11 is 3.84. The van der Waals surface area contributed by atoms with Crippen LogP contribution >= 0.6 is 34.9 Å². The van der Waals surface area contributed by atoms with Crippen LogP contribution in [0.5, 0.6) is 0 Å². The first-order valence-electron chi connectivity index (χ1n) is 11.8. The van der Waals surface area contributed by atoms with E-state index in [4.69, 9.17) is 10.6 Å². The molecule has 2 aromatic rings. The van der Waals surface area contributed by atoms with Crippen LogP contribution in [0.3, 0.4) is 0 Å². The SMILES string of the molecule is CCCCCCn1nnnc1SCC1=C(C(=O)O)N2C(=O)C(NC(=O)/C(=N/OC)c3csc(N)n3)[C@H]2SC1. The number of anilines is 1. The van der Waals surface area contributed by atoms with Crippen LogP contribution < -0.4 is 11.1 Å². The van der Waals surface area contributed by atoms with E-state index in [0.717, 1.165) is 37.0 Å². The first-order chi connectivity index (χ1) is 18.3. The standard InChI is InChI=1S/C21H27N9O5S3/c1-3-4-5-6-7-29-21(25-27-28-29)38-9-11-8-36-18-14(17(32)30(18)15(11)19(33)34)24-16(31)13(26-35-2)12-10-37-20(22)23-12/h10,14,18H,3-9H2,1-2H3,(H2,22,23)(H,24,31)(H,33,34)/b26-13+/t14?,18-/m1/s1. The average Bonchev–Trinajstić information content (AvgIpc) is 3.54. The Morgan fingerprint density at radius 3 is 2.87 bits per heavy atom. The first kappa shape index (κ1) is 27.8. The molecule has 4 N–H and O–H groups in total. The Hall–Kier alpha value is -3.18. The van der Waals surface area contributed by atoms with E-state index in [-0.39, 0.29) is 22.2 Å². The number of aryl methyl sites for hydroxylation is 1. The normalized spacial score (nSPS) is 19.3. The highest BCUT2D eigenvalue weighted by molar-refractivity contribution is 8.01. The number of nitrogen functional groups attached to an aromatic ring is 1. The highest BCUT2D eigenvalue weighted by Crippen LogP contribution is 2.41. The summed E-state index contributed by atoms with van der Waals surface area (Å²) in [5.41, 5.74) is 6.25. The lowest BCUT2D eigenvalue weighted by molar-refractivity contribution is -0.150. The van der Waals surface area contributed by atoms with E-state index >= 15 is 0 Å². The number of aliphatic carboxylic acids is 1. The molecule has 14 nitrogen and oxygen atoms in total. The van der Waals surface area contributed by atoms with Crippen LogP contribution in [0.2, 0.25) is 0 Å². The number of thioether (sulfide) groups is 2. The third-order valence-electron chi connectivity index (χ3n) is 5.80. The highest BCUT2D eigenvalue weighted by Gasteiger charge is 2.54. The Labute approximate surface area is 230 Å². The fourth-order valence-corrected chi connectivity index (χ4v) is 6.91. The van der Waals surface area contributed by atoms with Crippen molar-refractivity contribution >= 4 is 63.5 Å². The Balaban J connectivity index is 1.43. The lowest BCUT2D eigenvalue weighted by atomic mass is 10.0. The maximum atomic E-state index is 13.0. The Bertz CT molecular complexity index is 1260. The number of β-lactam (4-membered cyclic amide) rings is 1. The van der Waals surface area contributed by atoms with Gasteiger partial charge >= 0.3 is 5.97 Å². The van der Waals surface area contributed by atoms with Gasteiger partial charge < -0.3 is 21.0 Å². The molecule has 17 heteroatoms. The summed E-state index contributed by atoms with van der Waals surface area (Å²) < 4.78 is 1.72. The maximum Gasteiger partial charge on any atom is 0.352 e. The van der Waals surface area contributed by atoms with Crippen molar-refractivity contribution < 1.29 is 24.3 Å². The average molecular weight is 582 g/mol. The van der Waals surface area contributed by atoms with Gasteiger partial charge in [0, 0.05) is 23.4 Å². The molecule has 1 saturated heterocycles. The molecule has 0 aromatic carbocycles. The van der Waals surface area contributed by atoms with Gasteiger partial charge in [0.25, 0.3) is 11.8 Å². The molecular formula is C21H27N9O5S3. The van der Waals surface area contributed by atoms with Gasteiger partial charge in [0.1, 0.15) is 29.9 Å². The summed E-state index contributed by atoms with van der Waals surface area (Å²) in [7, 11) is 1.28. The minimum atomic E-state index is -1.21. The zero-order valence-electron chi connectivity index (χ0n) is 20.7. The van der Waals surface area contributed by atoms with Crippen molar-refractivity contribution in [1.82, 2.24) is 35.4 Å². The molecule has 4 heterocycles. The number of carbonyl (C=O) groups is 3. The van der Waals surface area contributed by atoms with Crippen molar-refractivity contribution in [1.29, 1.82) is 0 Å². The fourth-order valence-electron chi connectivity index (χ4n) is 3.98. The minimum Gasteiger partial charge on any atom is -0.477 e. The largest absolute Gasteiger partial charge is 0.477 e. The summed E-state index contributed by atoms with van der Waals surface area (Å²) in [5, 5.41) is 30.0. The van der Waals surface area contributed by atoms with Gasteiger partial charge in [0.15, 0.2) is 10.8 Å². The van der Waals surface area contributed by atoms with E-state index in [9.17, 15) is 19.5 Å². The summed E-state index contributed by atoms with van der Waals surface area (Å²) in [6.07, 6.45) is 4.31. The van der Waals surface area contributed by atoms with Crippen LogP contribution in [0.4, 0.5) is 5.13 Å². The zero-order chi connectivity index (χ0) is 27.2. The molecule has 2 atom stereocenters. The zero-order valence-corrected chi connectivity index (χ0v) is 23.1. The Kier molecular flexibility index (Phi) is 9.22. The lowest BCUT2D eigenvalue weighted by Gasteiger charge is -2.49. The molecule has 0 spiro atoms. The molecule has 0 radical (unpaired) electrons. The third kappa shape index (κ3) is 5.94. The number of carbonyl (C=O) groups excluding carboxylic acids is 2. The number of thiazole rings is 1. The predicted octanol–water partition coefficient (Wildman–Crippen LogP) is 1.17. The van der Waals surface area contributed by atoms with Crippen molar-refractivity contribution in [2.75, 3.05) is 24.3 Å². The van der Waals surface area contributed by atoms with E-state index in [0.29, 0.717) is 28.8 Å². The quantitative estimate of drug-likeness (QED) is 0.101. The molecule has 0 saturated carbocycles. The number of rotatable bonds is 13. The van der Waals surface area contributed by atoms with Crippen LogP contribution in [0, 0.1) is 0 Å². The monoisotopic (exact) mass is 581 g/mol. The molecule has 1 fully saturated rings. The number of carboxylic acids is 1. The van der Waals surface area contributed by atoms with Crippen LogP contribution in [-0.2, 0) is 25.8 Å². The number of hydrogen-bond donors (Lipinski definition) is 3. The van der Waals surface area contributed by atoms with Gasteiger partial charge in [0.05, 0.1) is 0 Å². The number of hydrogen-bond acceptors (Lipinski definition) is 13. The first-order valence-corrected chi connectivity index (χ1v) is 14.7. The third-order valence-corrected chi connectivity index (χ3v) is 8.85. The van der Waals surface area contributed by atoms with Crippen LogP contribution in [0.1, 0.15) is 38.3 Å². The topological polar surface area (TPSA) is 191 Å². The van der Waals surface area contributed by atoms with Crippen molar-refractivity contribution in [3.63, 3.8) is 0 Å². The Morgan fingerprint density at radius 2 is 2.18 bits per heavy atom. The van der Waals surface area contributed by atoms with Crippen molar-refractivity contribution in [2.24, 2.45) is 5.16 Å². The van der Waals surface area contributed by atoms with Crippen LogP contribution in [-0.4, -0.2) is 88.7 Å². The summed E-state index contributed by atoms with van der Waals surface area (Å²) in [6, 6.07) is -0.926. The molecule has 204 valence electrons. The number of unbranched alkanes of at least 4 members (excludes halogenated alkanes) is 3. The van der Waals surface area contributed by atoms with Gasteiger partial charge in [-0.1, -0.05) is 43.1 Å². The summed E-state index contributed by atoms with van der Waals surface area (Å²) in [4.78, 5) is 48.1. The second-order valence-corrected chi connectivity index (χ2v) is 11.3. The van der Waals surface area contributed by atoms with E-state index in [1.165, 1.54) is 35.5 Å². The molecule has 0 bridgehead atoms. The molecule has 4 rings (SSSR count). The van der Waals surface area contributed by atoms with Gasteiger partial charge in [0.2, 0.25) is 5.16 Å². The van der Waals surface area contributed by atoms with Crippen molar-refractivity contribution in [3.8, 4) is 0 Å². The van der Waals surface area contributed by atoms with E-state index in [1.54, 1.807) is 10.1 Å². The number of carboxylic acid groups (broad SMARTS) is 1. The van der Waals surface area contributed by atoms with E-state index in [2.05, 4.69) is 37.9 Å². The number of oxime groups is 1. The molecule has 2 aliphatic rings. The second-order valence-electron chi connectivity index (χ2n) is 8.35. The smallest absolute Gasteiger partial charge is 0.352 e. The number of tetrazole rings is 1. The van der Waals surface area contributed by atoms with Crippen molar-refractivity contribution in [3.05, 3.63) is 22.3 Å². The number of aromatic nitrogens is 5. The molecule has 2 aliphatic heterocycles. The van der Waals surface area contributed by atoms with Gasteiger partial charge in [-0.05, 0) is 22.4 Å². The number of fused-ring (bicyclic) bond motifs is 1. The number of nitrogens with zero attached hydrogens (tertiary/aromatic N) is 7. The minimum absolute atomic E-state index is 0.0724. The molecule has 2 amide bonds. The Morgan fingerprint density at radius 1 is 1.37 bits per heavy atom. The van der Waals surface area contributed by atoms with Gasteiger partial charge in [-0.2, -0.15) is 0 Å². The molecule has 38 heavy (non-hydrogen) atoms. The van der Waals surface area contributed by atoms with Crippen molar-refractivity contribution in [2.45, 2.75) is 55.7 Å².